The van der Waals surface area contributed by atoms with E-state index in [2.05, 4.69) is 15.0 Å². The molecule has 2 aromatic carbocycles. The summed E-state index contributed by atoms with van der Waals surface area (Å²) in [6.07, 6.45) is 2.46. The van der Waals surface area contributed by atoms with Crippen molar-refractivity contribution in [2.45, 2.75) is 38.8 Å². The Morgan fingerprint density at radius 3 is 2.71 bits per heavy atom. The summed E-state index contributed by atoms with van der Waals surface area (Å²) < 4.78 is 6.01. The zero-order valence-corrected chi connectivity index (χ0v) is 18.9. The number of aromatic hydroxyl groups is 1. The maximum Gasteiger partial charge on any atom is 0.326 e. The predicted octanol–water partition coefficient (Wildman–Crippen LogP) is 4.21. The van der Waals surface area contributed by atoms with Gasteiger partial charge < -0.3 is 19.7 Å². The molecule has 0 aliphatic carbocycles. The van der Waals surface area contributed by atoms with Gasteiger partial charge >= 0.3 is 5.69 Å². The molecule has 0 saturated carbocycles. The van der Waals surface area contributed by atoms with Gasteiger partial charge in [-0.15, -0.1) is 0 Å². The molecule has 5 rings (SSSR count). The Morgan fingerprint density at radius 2 is 1.94 bits per heavy atom. The lowest BCUT2D eigenvalue weighted by atomic mass is 9.98. The lowest BCUT2D eigenvalue weighted by Crippen LogP contribution is -2.38. The molecule has 0 radical (unpaired) electrons. The maximum absolute atomic E-state index is 13.3. The van der Waals surface area contributed by atoms with E-state index in [1.54, 1.807) is 29.2 Å². The van der Waals surface area contributed by atoms with Gasteiger partial charge in [0, 0.05) is 28.8 Å². The number of nitrogens with zero attached hydrogens (tertiary/aromatic N) is 2. The number of nitrogens with one attached hydrogen (secondary N) is 2. The summed E-state index contributed by atoms with van der Waals surface area (Å²) in [6.45, 7) is 2.92. The van der Waals surface area contributed by atoms with E-state index in [0.717, 1.165) is 35.0 Å². The van der Waals surface area contributed by atoms with Crippen molar-refractivity contribution in [1.29, 1.82) is 0 Å². The zero-order chi connectivity index (χ0) is 23.7. The lowest BCUT2D eigenvalue weighted by Gasteiger charge is -2.35. The van der Waals surface area contributed by atoms with Crippen molar-refractivity contribution in [3.63, 3.8) is 0 Å². The number of para-hydroxylation sites is 1. The van der Waals surface area contributed by atoms with Crippen molar-refractivity contribution in [1.82, 2.24) is 19.9 Å². The number of aromatic nitrogens is 3. The number of ether oxygens (including phenoxy) is 1. The van der Waals surface area contributed by atoms with E-state index in [0.29, 0.717) is 36.6 Å². The largest absolute Gasteiger partial charge is 0.493 e. The van der Waals surface area contributed by atoms with E-state index in [1.807, 2.05) is 37.3 Å². The van der Waals surface area contributed by atoms with E-state index in [4.69, 9.17) is 4.74 Å². The number of piperidine rings is 1. The monoisotopic (exact) mass is 458 g/mol. The van der Waals surface area contributed by atoms with Crippen molar-refractivity contribution < 1.29 is 14.6 Å². The summed E-state index contributed by atoms with van der Waals surface area (Å²) in [6, 6.07) is 16.7. The van der Waals surface area contributed by atoms with Crippen LogP contribution in [0.4, 0.5) is 0 Å². The molecule has 1 saturated heterocycles. The normalized spacial score (nSPS) is 16.0. The van der Waals surface area contributed by atoms with Crippen molar-refractivity contribution in [2.24, 2.45) is 0 Å². The van der Waals surface area contributed by atoms with Crippen LogP contribution in [0.3, 0.4) is 0 Å². The number of carbonyl (C=O) groups excluding carboxylic acids is 1. The van der Waals surface area contributed by atoms with Crippen LogP contribution in [-0.2, 0) is 6.61 Å². The van der Waals surface area contributed by atoms with Gasteiger partial charge in [0.05, 0.1) is 11.6 Å². The van der Waals surface area contributed by atoms with Crippen molar-refractivity contribution in [3.8, 4) is 11.6 Å². The van der Waals surface area contributed by atoms with Crippen LogP contribution >= 0.6 is 0 Å². The molecule has 174 valence electrons. The second-order valence-electron chi connectivity index (χ2n) is 8.60. The summed E-state index contributed by atoms with van der Waals surface area (Å²) >= 11 is 0. The van der Waals surface area contributed by atoms with Crippen LogP contribution < -0.4 is 10.4 Å². The van der Waals surface area contributed by atoms with Crippen molar-refractivity contribution in [2.75, 3.05) is 6.54 Å². The van der Waals surface area contributed by atoms with Crippen LogP contribution in [0.2, 0.25) is 0 Å². The van der Waals surface area contributed by atoms with Crippen LogP contribution in [0.5, 0.6) is 11.6 Å². The predicted molar refractivity (Wildman–Crippen MR) is 128 cm³/mol. The topological polar surface area (TPSA) is 111 Å². The Morgan fingerprint density at radius 1 is 1.15 bits per heavy atom. The standard InChI is InChI=1S/C26H26N4O4/c1-16-14-18(20-6-2-3-7-21(20)27-16)15-34-19-11-9-17(10-12-19)25(32)30-13-5-4-8-22(30)23-24(31)29-26(33)28-23/h2-3,6-7,9-12,14,22,31H,4-5,8,13,15H2,1H3,(H2,28,29,33). The number of hydrogen-bond acceptors (Lipinski definition) is 5. The highest BCUT2D eigenvalue weighted by Gasteiger charge is 2.32. The van der Waals surface area contributed by atoms with Gasteiger partial charge in [-0.1, -0.05) is 18.2 Å². The molecule has 1 aliphatic heterocycles. The summed E-state index contributed by atoms with van der Waals surface area (Å²) in [7, 11) is 0. The number of aryl methyl sites for hydroxylation is 1. The number of likely N-dealkylation sites (tertiary alicyclic amines) is 1. The molecule has 1 fully saturated rings. The molecule has 0 spiro atoms. The highest BCUT2D eigenvalue weighted by atomic mass is 16.5. The van der Waals surface area contributed by atoms with Gasteiger partial charge in [0.15, 0.2) is 0 Å². The summed E-state index contributed by atoms with van der Waals surface area (Å²) in [5, 5.41) is 11.1. The first-order valence-corrected chi connectivity index (χ1v) is 11.4. The molecule has 2 aromatic heterocycles. The first kappa shape index (κ1) is 21.8. The van der Waals surface area contributed by atoms with Gasteiger partial charge in [-0.2, -0.15) is 0 Å². The molecule has 8 nitrogen and oxygen atoms in total. The number of carbonyl (C=O) groups is 1. The number of fused-ring (bicyclic) bond motifs is 1. The minimum atomic E-state index is -0.482. The minimum absolute atomic E-state index is 0.145. The molecule has 4 aromatic rings. The Hall–Kier alpha value is -4.07. The highest BCUT2D eigenvalue weighted by molar-refractivity contribution is 5.94. The van der Waals surface area contributed by atoms with Crippen molar-refractivity contribution >= 4 is 16.8 Å². The molecular formula is C26H26N4O4. The summed E-state index contributed by atoms with van der Waals surface area (Å²) in [5.41, 5.74) is 3.33. The number of H-pyrrole nitrogens is 2. The second-order valence-corrected chi connectivity index (χ2v) is 8.60. The Balaban J connectivity index is 1.31. The van der Waals surface area contributed by atoms with Gasteiger partial charge in [0.25, 0.3) is 5.91 Å². The number of imidazole rings is 1. The number of pyridine rings is 1. The molecule has 1 amide bonds. The molecule has 8 heteroatoms. The van der Waals surface area contributed by atoms with E-state index >= 15 is 0 Å². The zero-order valence-electron chi connectivity index (χ0n) is 18.9. The number of hydrogen-bond donors (Lipinski definition) is 3. The molecule has 34 heavy (non-hydrogen) atoms. The van der Waals surface area contributed by atoms with Gasteiger partial charge in [-0.05, 0) is 62.6 Å². The van der Waals surface area contributed by atoms with Crippen LogP contribution in [0.25, 0.3) is 10.9 Å². The quantitative estimate of drug-likeness (QED) is 0.415. The van der Waals surface area contributed by atoms with Gasteiger partial charge in [-0.3, -0.25) is 14.8 Å². The second kappa shape index (κ2) is 9.05. The smallest absolute Gasteiger partial charge is 0.326 e. The Kier molecular flexibility index (Phi) is 5.79. The lowest BCUT2D eigenvalue weighted by molar-refractivity contribution is 0.0603. The van der Waals surface area contributed by atoms with Crippen LogP contribution in [0.15, 0.2) is 59.4 Å². The number of rotatable bonds is 5. The fraction of sp³-hybridized carbons (Fsp3) is 0.269. The molecule has 1 aliphatic rings. The summed E-state index contributed by atoms with van der Waals surface area (Å²) in [4.78, 5) is 36.1. The van der Waals surface area contributed by atoms with Crippen LogP contribution in [0, 0.1) is 6.92 Å². The third kappa shape index (κ3) is 4.26. The number of amides is 1. The first-order valence-electron chi connectivity index (χ1n) is 11.4. The average molecular weight is 459 g/mol. The highest BCUT2D eigenvalue weighted by Crippen LogP contribution is 2.34. The number of aromatic amines is 2. The minimum Gasteiger partial charge on any atom is -0.493 e. The number of benzene rings is 2. The molecule has 3 N–H and O–H groups in total. The molecule has 0 bridgehead atoms. The van der Waals surface area contributed by atoms with Crippen LogP contribution in [-0.4, -0.2) is 37.4 Å². The van der Waals surface area contributed by atoms with Gasteiger partial charge in [0.1, 0.15) is 18.1 Å². The van der Waals surface area contributed by atoms with E-state index in [-0.39, 0.29) is 17.8 Å². The third-order valence-electron chi connectivity index (χ3n) is 6.26. The van der Waals surface area contributed by atoms with E-state index in [1.165, 1.54) is 0 Å². The van der Waals surface area contributed by atoms with E-state index < -0.39 is 5.69 Å². The first-order chi connectivity index (χ1) is 16.5. The Bertz CT molecular complexity index is 1390. The Labute approximate surface area is 196 Å². The SMILES string of the molecule is Cc1cc(COc2ccc(C(=O)N3CCCCC3c3[nH]c(=O)[nH]c3O)cc2)c2ccccc2n1. The summed E-state index contributed by atoms with van der Waals surface area (Å²) in [5.74, 6) is 0.309. The fourth-order valence-corrected chi connectivity index (χ4v) is 4.64. The fourth-order valence-electron chi connectivity index (χ4n) is 4.64. The van der Waals surface area contributed by atoms with E-state index in [9.17, 15) is 14.7 Å². The van der Waals surface area contributed by atoms with Crippen molar-refractivity contribution in [3.05, 3.63) is 87.6 Å². The van der Waals surface area contributed by atoms with Gasteiger partial charge in [-0.25, -0.2) is 4.79 Å². The molecule has 1 atom stereocenters. The molecular weight excluding hydrogens is 432 g/mol. The van der Waals surface area contributed by atoms with Crippen LogP contribution in [0.1, 0.15) is 52.6 Å². The average Bonchev–Trinajstić information content (AvgIpc) is 3.19. The third-order valence-corrected chi connectivity index (χ3v) is 6.26. The maximum atomic E-state index is 13.3. The molecule has 3 heterocycles. The molecule has 1 unspecified atom stereocenters. The van der Waals surface area contributed by atoms with Gasteiger partial charge in [0.2, 0.25) is 5.88 Å².